The molecule has 1 saturated heterocycles. The number of hydrogen-bond acceptors (Lipinski definition) is 5. The number of ether oxygens (including phenoxy) is 3. The Kier molecular flexibility index (Phi) is 5.93. The molecular weight excluding hydrogens is 350 g/mol. The lowest BCUT2D eigenvalue weighted by atomic mass is 10.1. The standard InChI is InChI=1S/C20H23NO4S/c1-23-16-6-4-14(5-7-16)10-19(22)21-8-9-26-20(21)15-11-17(24-2)13-18(12-15)25-3/h4-7,11-13,20H,8-10H2,1-3H3. The number of nitrogens with zero attached hydrogens (tertiary/aromatic N) is 1. The van der Waals surface area contributed by atoms with E-state index in [1.807, 2.05) is 47.4 Å². The smallest absolute Gasteiger partial charge is 0.228 e. The molecule has 0 aliphatic carbocycles. The van der Waals surface area contributed by atoms with Gasteiger partial charge in [-0.25, -0.2) is 0 Å². The molecule has 1 fully saturated rings. The minimum atomic E-state index is -0.0234. The van der Waals surface area contributed by atoms with Crippen LogP contribution in [0.4, 0.5) is 0 Å². The fourth-order valence-electron chi connectivity index (χ4n) is 2.99. The summed E-state index contributed by atoms with van der Waals surface area (Å²) in [6.45, 7) is 0.740. The van der Waals surface area contributed by atoms with Crippen LogP contribution in [-0.4, -0.2) is 44.4 Å². The topological polar surface area (TPSA) is 48.0 Å². The van der Waals surface area contributed by atoms with Gasteiger partial charge in [-0.15, -0.1) is 11.8 Å². The Morgan fingerprint density at radius 2 is 1.62 bits per heavy atom. The van der Waals surface area contributed by atoms with E-state index >= 15 is 0 Å². The van der Waals surface area contributed by atoms with E-state index in [1.54, 1.807) is 33.1 Å². The van der Waals surface area contributed by atoms with E-state index < -0.39 is 0 Å². The fourth-order valence-corrected chi connectivity index (χ4v) is 4.25. The van der Waals surface area contributed by atoms with E-state index in [1.165, 1.54) is 0 Å². The molecule has 1 heterocycles. The summed E-state index contributed by atoms with van der Waals surface area (Å²) < 4.78 is 15.9. The summed E-state index contributed by atoms with van der Waals surface area (Å²) in [7, 11) is 4.90. The molecule has 1 aliphatic heterocycles. The van der Waals surface area contributed by atoms with Crippen molar-refractivity contribution in [1.29, 1.82) is 0 Å². The number of methoxy groups -OCH3 is 3. The van der Waals surface area contributed by atoms with Gasteiger partial charge in [-0.2, -0.15) is 0 Å². The molecule has 0 radical (unpaired) electrons. The molecule has 1 aliphatic rings. The van der Waals surface area contributed by atoms with Gasteiger partial charge in [-0.05, 0) is 35.4 Å². The molecule has 3 rings (SSSR count). The molecular formula is C20H23NO4S. The SMILES string of the molecule is COc1ccc(CC(=O)N2CCSC2c2cc(OC)cc(OC)c2)cc1. The first-order chi connectivity index (χ1) is 12.6. The van der Waals surface area contributed by atoms with Crippen LogP contribution in [-0.2, 0) is 11.2 Å². The summed E-state index contributed by atoms with van der Waals surface area (Å²) in [4.78, 5) is 14.8. The maximum absolute atomic E-state index is 12.9. The highest BCUT2D eigenvalue weighted by molar-refractivity contribution is 7.99. The quantitative estimate of drug-likeness (QED) is 0.775. The molecule has 0 N–H and O–H groups in total. The summed E-state index contributed by atoms with van der Waals surface area (Å²) in [5.41, 5.74) is 2.00. The first kappa shape index (κ1) is 18.5. The van der Waals surface area contributed by atoms with E-state index in [4.69, 9.17) is 14.2 Å². The van der Waals surface area contributed by atoms with Crippen LogP contribution in [0.25, 0.3) is 0 Å². The van der Waals surface area contributed by atoms with Crippen molar-refractivity contribution in [3.8, 4) is 17.2 Å². The van der Waals surface area contributed by atoms with E-state index in [9.17, 15) is 4.79 Å². The van der Waals surface area contributed by atoms with Gasteiger partial charge in [0.15, 0.2) is 0 Å². The van der Waals surface area contributed by atoms with Crippen molar-refractivity contribution >= 4 is 17.7 Å². The molecule has 0 bridgehead atoms. The summed E-state index contributed by atoms with van der Waals surface area (Å²) >= 11 is 1.76. The van der Waals surface area contributed by atoms with Crippen molar-refractivity contribution in [2.24, 2.45) is 0 Å². The van der Waals surface area contributed by atoms with E-state index in [0.29, 0.717) is 6.42 Å². The summed E-state index contributed by atoms with van der Waals surface area (Å²) in [6.07, 6.45) is 0.377. The molecule has 2 aromatic carbocycles. The summed E-state index contributed by atoms with van der Waals surface area (Å²) in [5.74, 6) is 3.29. The van der Waals surface area contributed by atoms with Gasteiger partial charge in [-0.1, -0.05) is 12.1 Å². The molecule has 0 spiro atoms. The van der Waals surface area contributed by atoms with Gasteiger partial charge in [0.25, 0.3) is 0 Å². The maximum Gasteiger partial charge on any atom is 0.228 e. The lowest BCUT2D eigenvalue weighted by molar-refractivity contribution is -0.130. The monoisotopic (exact) mass is 373 g/mol. The Bertz CT molecular complexity index is 741. The molecule has 1 amide bonds. The van der Waals surface area contributed by atoms with Crippen LogP contribution in [0.5, 0.6) is 17.2 Å². The summed E-state index contributed by atoms with van der Waals surface area (Å²) in [6, 6.07) is 13.4. The van der Waals surface area contributed by atoms with Crippen molar-refractivity contribution in [3.63, 3.8) is 0 Å². The lowest BCUT2D eigenvalue weighted by Gasteiger charge is -2.25. The Balaban J connectivity index is 1.77. The minimum absolute atomic E-state index is 0.0234. The normalized spacial score (nSPS) is 16.4. The van der Waals surface area contributed by atoms with Crippen LogP contribution < -0.4 is 14.2 Å². The second kappa shape index (κ2) is 8.36. The molecule has 2 aromatic rings. The lowest BCUT2D eigenvalue weighted by Crippen LogP contribution is -2.31. The average molecular weight is 373 g/mol. The largest absolute Gasteiger partial charge is 0.497 e. The molecule has 5 nitrogen and oxygen atoms in total. The molecule has 1 atom stereocenters. The Hall–Kier alpha value is -2.34. The van der Waals surface area contributed by atoms with Crippen molar-refractivity contribution in [3.05, 3.63) is 53.6 Å². The van der Waals surface area contributed by atoms with Gasteiger partial charge in [0.2, 0.25) is 5.91 Å². The summed E-state index contributed by atoms with van der Waals surface area (Å²) in [5, 5.41) is -0.0234. The average Bonchev–Trinajstić information content (AvgIpc) is 3.18. The number of rotatable bonds is 6. The second-order valence-electron chi connectivity index (χ2n) is 5.98. The zero-order chi connectivity index (χ0) is 18.5. The zero-order valence-corrected chi connectivity index (χ0v) is 16.0. The third kappa shape index (κ3) is 4.07. The van der Waals surface area contributed by atoms with Crippen LogP contribution in [0.15, 0.2) is 42.5 Å². The van der Waals surface area contributed by atoms with Crippen LogP contribution in [0, 0.1) is 0 Å². The van der Waals surface area contributed by atoms with Gasteiger partial charge in [0, 0.05) is 18.4 Å². The number of carbonyl (C=O) groups excluding carboxylic acids is 1. The first-order valence-electron chi connectivity index (χ1n) is 8.41. The molecule has 1 unspecified atom stereocenters. The maximum atomic E-state index is 12.9. The molecule has 6 heteroatoms. The number of amides is 1. The predicted octanol–water partition coefficient (Wildman–Crippen LogP) is 3.53. The third-order valence-electron chi connectivity index (χ3n) is 4.38. The number of thioether (sulfide) groups is 1. The van der Waals surface area contributed by atoms with Gasteiger partial charge in [0.05, 0.1) is 27.8 Å². The Labute approximate surface area is 158 Å². The highest BCUT2D eigenvalue weighted by Crippen LogP contribution is 2.40. The van der Waals surface area contributed by atoms with Crippen molar-refractivity contribution in [1.82, 2.24) is 4.90 Å². The fraction of sp³-hybridized carbons (Fsp3) is 0.350. The molecule has 0 saturated carbocycles. The van der Waals surface area contributed by atoms with Crippen LogP contribution in [0.3, 0.4) is 0 Å². The van der Waals surface area contributed by atoms with E-state index in [2.05, 4.69) is 0 Å². The second-order valence-corrected chi connectivity index (χ2v) is 7.17. The van der Waals surface area contributed by atoms with Gasteiger partial charge >= 0.3 is 0 Å². The number of carbonyl (C=O) groups is 1. The zero-order valence-electron chi connectivity index (χ0n) is 15.2. The third-order valence-corrected chi connectivity index (χ3v) is 5.65. The number of benzene rings is 2. The molecule has 138 valence electrons. The Morgan fingerprint density at radius 1 is 1.00 bits per heavy atom. The van der Waals surface area contributed by atoms with Gasteiger partial charge < -0.3 is 19.1 Å². The highest BCUT2D eigenvalue weighted by Gasteiger charge is 2.31. The van der Waals surface area contributed by atoms with E-state index in [0.717, 1.165) is 40.7 Å². The minimum Gasteiger partial charge on any atom is -0.497 e. The Morgan fingerprint density at radius 3 is 2.19 bits per heavy atom. The van der Waals surface area contributed by atoms with Crippen molar-refractivity contribution in [2.45, 2.75) is 11.8 Å². The van der Waals surface area contributed by atoms with Gasteiger partial charge in [-0.3, -0.25) is 4.79 Å². The van der Waals surface area contributed by atoms with Crippen LogP contribution >= 0.6 is 11.8 Å². The molecule has 0 aromatic heterocycles. The van der Waals surface area contributed by atoms with Crippen LogP contribution in [0.2, 0.25) is 0 Å². The number of hydrogen-bond donors (Lipinski definition) is 0. The van der Waals surface area contributed by atoms with Crippen molar-refractivity contribution in [2.75, 3.05) is 33.6 Å². The molecule has 26 heavy (non-hydrogen) atoms. The van der Waals surface area contributed by atoms with Gasteiger partial charge in [0.1, 0.15) is 22.6 Å². The van der Waals surface area contributed by atoms with E-state index in [-0.39, 0.29) is 11.3 Å². The van der Waals surface area contributed by atoms with Crippen molar-refractivity contribution < 1.29 is 19.0 Å². The van der Waals surface area contributed by atoms with Crippen LogP contribution in [0.1, 0.15) is 16.5 Å². The highest BCUT2D eigenvalue weighted by atomic mass is 32.2. The predicted molar refractivity (Wildman–Crippen MR) is 103 cm³/mol. The first-order valence-corrected chi connectivity index (χ1v) is 9.46.